The fourth-order valence-corrected chi connectivity index (χ4v) is 5.11. The molecule has 0 aromatic heterocycles. The summed E-state index contributed by atoms with van der Waals surface area (Å²) < 4.78 is 12.3. The normalized spacial score (nSPS) is 14.7. The van der Waals surface area contributed by atoms with E-state index in [0.717, 1.165) is 27.9 Å². The molecule has 0 radical (unpaired) electrons. The Balaban J connectivity index is 1.57. The number of amides is 1. The summed E-state index contributed by atoms with van der Waals surface area (Å²) in [7, 11) is 0. The van der Waals surface area contributed by atoms with Crippen LogP contribution in [0.15, 0.2) is 65.6 Å². The van der Waals surface area contributed by atoms with E-state index in [9.17, 15) is 4.79 Å². The van der Waals surface area contributed by atoms with Gasteiger partial charge in [0.25, 0.3) is 5.91 Å². The molecule has 7 heteroatoms. The van der Waals surface area contributed by atoms with E-state index in [0.29, 0.717) is 39.0 Å². The van der Waals surface area contributed by atoms with Crippen LogP contribution in [-0.4, -0.2) is 16.8 Å². The second-order valence-corrected chi connectivity index (χ2v) is 9.92. The van der Waals surface area contributed by atoms with Gasteiger partial charge in [0.2, 0.25) is 0 Å². The van der Waals surface area contributed by atoms with E-state index in [1.54, 1.807) is 4.90 Å². The molecule has 3 aromatic rings. The summed E-state index contributed by atoms with van der Waals surface area (Å²) >= 11 is 12.8. The second-order valence-electron chi connectivity index (χ2n) is 7.81. The van der Waals surface area contributed by atoms with Gasteiger partial charge in [0.15, 0.2) is 15.8 Å². The number of halogens is 1. The maximum Gasteiger partial charge on any atom is 0.270 e. The predicted molar refractivity (Wildman–Crippen MR) is 145 cm³/mol. The molecule has 1 saturated heterocycles. The standard InChI is InChI=1S/C27H24ClNO3S2/c1-4-31-23-14-20(10-13-22(23)32-16-19-8-11-21(28)12-9-19)15-24-26(30)29(27(33)34-24)25-17(2)6-5-7-18(25)3/h5-15H,4,16H2,1-3H3/b24-15-. The highest BCUT2D eigenvalue weighted by molar-refractivity contribution is 8.27. The van der Waals surface area contributed by atoms with Crippen LogP contribution in [0.1, 0.15) is 29.2 Å². The first kappa shape index (κ1) is 24.3. The Hall–Kier alpha value is -2.80. The molecule has 0 atom stereocenters. The van der Waals surface area contributed by atoms with Gasteiger partial charge in [-0.1, -0.05) is 72.0 Å². The van der Waals surface area contributed by atoms with Gasteiger partial charge >= 0.3 is 0 Å². The fourth-order valence-electron chi connectivity index (χ4n) is 3.71. The van der Waals surface area contributed by atoms with Crippen molar-refractivity contribution in [1.82, 2.24) is 0 Å². The lowest BCUT2D eigenvalue weighted by molar-refractivity contribution is -0.113. The summed E-state index contributed by atoms with van der Waals surface area (Å²) in [5.41, 5.74) is 4.72. The smallest absolute Gasteiger partial charge is 0.270 e. The summed E-state index contributed by atoms with van der Waals surface area (Å²) in [5, 5.41) is 0.686. The molecule has 1 aliphatic heterocycles. The zero-order valence-corrected chi connectivity index (χ0v) is 21.5. The highest BCUT2D eigenvalue weighted by Crippen LogP contribution is 2.39. The Bertz CT molecular complexity index is 1250. The molecule has 1 amide bonds. The second kappa shape index (κ2) is 10.6. The molecule has 4 nitrogen and oxygen atoms in total. The summed E-state index contributed by atoms with van der Waals surface area (Å²) in [6.07, 6.45) is 1.85. The van der Waals surface area contributed by atoms with Crippen molar-refractivity contribution in [2.75, 3.05) is 11.5 Å². The molecule has 34 heavy (non-hydrogen) atoms. The molecular weight excluding hydrogens is 486 g/mol. The van der Waals surface area contributed by atoms with Crippen LogP contribution in [0, 0.1) is 13.8 Å². The molecular formula is C27H24ClNO3S2. The molecule has 4 rings (SSSR count). The molecule has 0 aliphatic carbocycles. The van der Waals surface area contributed by atoms with Crippen molar-refractivity contribution in [1.29, 1.82) is 0 Å². The molecule has 0 N–H and O–H groups in total. The third-order valence-electron chi connectivity index (χ3n) is 5.33. The lowest BCUT2D eigenvalue weighted by Gasteiger charge is -2.19. The van der Waals surface area contributed by atoms with Crippen molar-refractivity contribution < 1.29 is 14.3 Å². The first-order chi connectivity index (χ1) is 16.4. The maximum absolute atomic E-state index is 13.3. The summed E-state index contributed by atoms with van der Waals surface area (Å²) in [5.74, 6) is 1.14. The van der Waals surface area contributed by atoms with E-state index in [1.165, 1.54) is 11.8 Å². The number of thiocarbonyl (C=S) groups is 1. The largest absolute Gasteiger partial charge is 0.490 e. The Labute approximate surface area is 214 Å². The highest BCUT2D eigenvalue weighted by Gasteiger charge is 2.34. The summed E-state index contributed by atoms with van der Waals surface area (Å²) in [4.78, 5) is 15.5. The van der Waals surface area contributed by atoms with Gasteiger partial charge in [0.1, 0.15) is 6.61 Å². The number of carbonyl (C=O) groups excluding carboxylic acids is 1. The van der Waals surface area contributed by atoms with Gasteiger partial charge in [0, 0.05) is 5.02 Å². The number of thioether (sulfide) groups is 1. The van der Waals surface area contributed by atoms with E-state index in [4.69, 9.17) is 33.3 Å². The van der Waals surface area contributed by atoms with Gasteiger partial charge in [0.05, 0.1) is 17.2 Å². The SMILES string of the molecule is CCOc1cc(/C=C2\SC(=S)N(c3c(C)cccc3C)C2=O)ccc1OCc1ccc(Cl)cc1. The Kier molecular flexibility index (Phi) is 7.61. The zero-order valence-electron chi connectivity index (χ0n) is 19.1. The molecule has 1 fully saturated rings. The number of aryl methyl sites for hydroxylation is 2. The van der Waals surface area contributed by atoms with Crippen LogP contribution in [0.5, 0.6) is 11.5 Å². The van der Waals surface area contributed by atoms with Crippen molar-refractivity contribution in [3.8, 4) is 11.5 Å². The molecule has 0 saturated carbocycles. The highest BCUT2D eigenvalue weighted by atomic mass is 35.5. The van der Waals surface area contributed by atoms with Crippen LogP contribution in [0.25, 0.3) is 6.08 Å². The molecule has 1 heterocycles. The number of hydrogen-bond donors (Lipinski definition) is 0. The van der Waals surface area contributed by atoms with Gasteiger partial charge in [-0.05, 0) is 73.4 Å². The van der Waals surface area contributed by atoms with Crippen LogP contribution in [0.3, 0.4) is 0 Å². The van der Waals surface area contributed by atoms with Crippen LogP contribution in [0.2, 0.25) is 5.02 Å². The number of carbonyl (C=O) groups is 1. The number of hydrogen-bond acceptors (Lipinski definition) is 5. The molecule has 0 unspecified atom stereocenters. The van der Waals surface area contributed by atoms with E-state index < -0.39 is 0 Å². The quantitative estimate of drug-likeness (QED) is 0.246. The minimum Gasteiger partial charge on any atom is -0.490 e. The zero-order chi connectivity index (χ0) is 24.2. The van der Waals surface area contributed by atoms with Crippen molar-refractivity contribution in [3.63, 3.8) is 0 Å². The minimum absolute atomic E-state index is 0.117. The van der Waals surface area contributed by atoms with E-state index in [1.807, 2.05) is 87.5 Å². The third kappa shape index (κ3) is 5.30. The molecule has 3 aromatic carbocycles. The van der Waals surface area contributed by atoms with Gasteiger partial charge < -0.3 is 9.47 Å². The Morgan fingerprint density at radius 1 is 1.00 bits per heavy atom. The number of anilines is 1. The lowest BCUT2D eigenvalue weighted by Crippen LogP contribution is -2.29. The van der Waals surface area contributed by atoms with Gasteiger partial charge in [-0.2, -0.15) is 0 Å². The van der Waals surface area contributed by atoms with Gasteiger partial charge in [-0.25, -0.2) is 0 Å². The van der Waals surface area contributed by atoms with Crippen LogP contribution in [0.4, 0.5) is 5.69 Å². The van der Waals surface area contributed by atoms with Crippen molar-refractivity contribution in [2.24, 2.45) is 0 Å². The van der Waals surface area contributed by atoms with E-state index in [-0.39, 0.29) is 5.91 Å². The van der Waals surface area contributed by atoms with Crippen molar-refractivity contribution in [2.45, 2.75) is 27.4 Å². The van der Waals surface area contributed by atoms with Crippen molar-refractivity contribution >= 4 is 57.6 Å². The number of benzene rings is 3. The van der Waals surface area contributed by atoms with Gasteiger partial charge in [-0.15, -0.1) is 0 Å². The van der Waals surface area contributed by atoms with E-state index >= 15 is 0 Å². The van der Waals surface area contributed by atoms with Crippen LogP contribution >= 0.6 is 35.6 Å². The monoisotopic (exact) mass is 509 g/mol. The fraction of sp³-hybridized carbons (Fsp3) is 0.185. The number of ether oxygens (including phenoxy) is 2. The molecule has 0 bridgehead atoms. The first-order valence-electron chi connectivity index (χ1n) is 10.9. The topological polar surface area (TPSA) is 38.8 Å². The first-order valence-corrected chi connectivity index (χ1v) is 12.5. The van der Waals surface area contributed by atoms with E-state index in [2.05, 4.69) is 0 Å². The molecule has 1 aliphatic rings. The average molecular weight is 510 g/mol. The maximum atomic E-state index is 13.3. The van der Waals surface area contributed by atoms with Gasteiger partial charge in [-0.3, -0.25) is 9.69 Å². The summed E-state index contributed by atoms with van der Waals surface area (Å²) in [6.45, 7) is 6.79. The molecule has 174 valence electrons. The molecule has 0 spiro atoms. The van der Waals surface area contributed by atoms with Crippen LogP contribution in [-0.2, 0) is 11.4 Å². The Morgan fingerprint density at radius 2 is 1.71 bits per heavy atom. The number of nitrogens with zero attached hydrogens (tertiary/aromatic N) is 1. The lowest BCUT2D eigenvalue weighted by atomic mass is 10.1. The summed E-state index contributed by atoms with van der Waals surface area (Å²) in [6, 6.07) is 19.1. The van der Waals surface area contributed by atoms with Crippen molar-refractivity contribution in [3.05, 3.63) is 92.8 Å². The average Bonchev–Trinajstić information content (AvgIpc) is 3.07. The third-order valence-corrected chi connectivity index (χ3v) is 6.88. The number of rotatable bonds is 7. The van der Waals surface area contributed by atoms with Crippen LogP contribution < -0.4 is 14.4 Å². The Morgan fingerprint density at radius 3 is 2.38 bits per heavy atom. The predicted octanol–water partition coefficient (Wildman–Crippen LogP) is 7.34. The number of para-hydroxylation sites is 1. The minimum atomic E-state index is -0.117.